The first-order chi connectivity index (χ1) is 12.5. The van der Waals surface area contributed by atoms with E-state index in [9.17, 15) is 14.4 Å². The lowest BCUT2D eigenvalue weighted by Crippen LogP contribution is -2.33. The van der Waals surface area contributed by atoms with Gasteiger partial charge in [-0.15, -0.1) is 11.3 Å². The molecule has 0 saturated heterocycles. The third-order valence-electron chi connectivity index (χ3n) is 3.51. The van der Waals surface area contributed by atoms with Crippen LogP contribution < -0.4 is 10.6 Å². The molecule has 8 heteroatoms. The third kappa shape index (κ3) is 4.60. The van der Waals surface area contributed by atoms with Gasteiger partial charge in [-0.25, -0.2) is 9.59 Å². The number of thiophene rings is 1. The zero-order valence-electron chi connectivity index (χ0n) is 14.8. The van der Waals surface area contributed by atoms with Crippen LogP contribution in [0.25, 0.3) is 10.4 Å². The number of anilines is 1. The van der Waals surface area contributed by atoms with Gasteiger partial charge < -0.3 is 14.8 Å². The number of esters is 2. The maximum Gasteiger partial charge on any atom is 0.341 e. The Morgan fingerprint density at radius 2 is 1.85 bits per heavy atom. The largest absolute Gasteiger partial charge is 0.468 e. The molecule has 26 heavy (non-hydrogen) atoms. The van der Waals surface area contributed by atoms with Crippen LogP contribution in [-0.2, 0) is 14.3 Å². The van der Waals surface area contributed by atoms with Crippen molar-refractivity contribution in [2.24, 2.45) is 0 Å². The molecule has 7 nitrogen and oxygen atoms in total. The Hall–Kier alpha value is -2.87. The van der Waals surface area contributed by atoms with Crippen LogP contribution in [0.1, 0.15) is 22.8 Å². The number of carbonyl (C=O) groups excluding carboxylic acids is 3. The van der Waals surface area contributed by atoms with Gasteiger partial charge >= 0.3 is 18.0 Å². The number of ether oxygens (including phenoxy) is 2. The summed E-state index contributed by atoms with van der Waals surface area (Å²) in [6, 6.07) is 8.94. The predicted octanol–water partition coefficient (Wildman–Crippen LogP) is 3.19. The summed E-state index contributed by atoms with van der Waals surface area (Å²) in [5.41, 5.74) is 1.97. The average molecular weight is 376 g/mol. The lowest BCUT2D eigenvalue weighted by molar-refractivity contribution is -0.139. The molecule has 138 valence electrons. The number of urea groups is 1. The number of benzene rings is 1. The number of methoxy groups -OCH3 is 1. The molecule has 2 aromatic rings. The topological polar surface area (TPSA) is 93.7 Å². The van der Waals surface area contributed by atoms with Crippen molar-refractivity contribution in [3.63, 3.8) is 0 Å². The summed E-state index contributed by atoms with van der Waals surface area (Å²) in [6.45, 7) is 3.48. The smallest absolute Gasteiger partial charge is 0.341 e. The van der Waals surface area contributed by atoms with Crippen molar-refractivity contribution in [1.82, 2.24) is 5.32 Å². The summed E-state index contributed by atoms with van der Waals surface area (Å²) in [6.07, 6.45) is 0. The fraction of sp³-hybridized carbons (Fsp3) is 0.278. The molecule has 0 radical (unpaired) electrons. The van der Waals surface area contributed by atoms with Gasteiger partial charge in [-0.1, -0.05) is 30.3 Å². The van der Waals surface area contributed by atoms with Crippen molar-refractivity contribution < 1.29 is 23.9 Å². The summed E-state index contributed by atoms with van der Waals surface area (Å²) in [4.78, 5) is 36.4. The molecule has 1 aromatic heterocycles. The number of nitrogens with one attached hydrogen (secondary N) is 2. The van der Waals surface area contributed by atoms with Crippen LogP contribution in [0, 0.1) is 6.92 Å². The number of carbonyl (C=O) groups is 3. The van der Waals surface area contributed by atoms with Crippen molar-refractivity contribution in [3.05, 3.63) is 41.5 Å². The van der Waals surface area contributed by atoms with Crippen molar-refractivity contribution in [2.75, 3.05) is 25.6 Å². The minimum absolute atomic E-state index is 0.225. The Morgan fingerprint density at radius 1 is 1.15 bits per heavy atom. The highest BCUT2D eigenvalue weighted by atomic mass is 32.1. The highest BCUT2D eigenvalue weighted by Crippen LogP contribution is 2.40. The molecular formula is C18H20N2O5S. The maximum atomic E-state index is 12.4. The summed E-state index contributed by atoms with van der Waals surface area (Å²) in [5.74, 6) is -1.08. The number of hydrogen-bond donors (Lipinski definition) is 2. The van der Waals surface area contributed by atoms with Gasteiger partial charge in [-0.05, 0) is 25.0 Å². The lowest BCUT2D eigenvalue weighted by atomic mass is 10.1. The van der Waals surface area contributed by atoms with Gasteiger partial charge in [-0.2, -0.15) is 0 Å². The van der Waals surface area contributed by atoms with Crippen molar-refractivity contribution in [1.29, 1.82) is 0 Å². The zero-order valence-corrected chi connectivity index (χ0v) is 15.6. The molecule has 0 bridgehead atoms. The lowest BCUT2D eigenvalue weighted by Gasteiger charge is -2.08. The predicted molar refractivity (Wildman–Crippen MR) is 99.5 cm³/mol. The molecule has 1 heterocycles. The Balaban J connectivity index is 2.32. The van der Waals surface area contributed by atoms with Gasteiger partial charge in [0.05, 0.1) is 19.3 Å². The molecule has 0 aliphatic carbocycles. The van der Waals surface area contributed by atoms with E-state index < -0.39 is 18.0 Å². The second-order valence-electron chi connectivity index (χ2n) is 5.23. The van der Waals surface area contributed by atoms with Crippen LogP contribution >= 0.6 is 11.3 Å². The first-order valence-corrected chi connectivity index (χ1v) is 8.77. The molecule has 2 N–H and O–H groups in total. The van der Waals surface area contributed by atoms with Gasteiger partial charge in [0.15, 0.2) is 0 Å². The van der Waals surface area contributed by atoms with Crippen LogP contribution in [0.2, 0.25) is 0 Å². The highest BCUT2D eigenvalue weighted by molar-refractivity contribution is 7.20. The Kier molecular flexibility index (Phi) is 6.74. The molecule has 0 unspecified atom stereocenters. The van der Waals surface area contributed by atoms with Crippen LogP contribution in [0.5, 0.6) is 0 Å². The minimum atomic E-state index is -0.609. The molecule has 0 saturated carbocycles. The van der Waals surface area contributed by atoms with E-state index in [1.165, 1.54) is 18.4 Å². The SMILES string of the molecule is CCOC(=O)c1c(NC(=O)NCC(=O)OC)sc(-c2ccccc2)c1C. The summed E-state index contributed by atoms with van der Waals surface area (Å²) < 4.78 is 9.59. The van der Waals surface area contributed by atoms with Gasteiger partial charge in [0.2, 0.25) is 0 Å². The Labute approximate surface area is 155 Å². The average Bonchev–Trinajstić information content (AvgIpc) is 2.96. The molecular weight excluding hydrogens is 356 g/mol. The van der Waals surface area contributed by atoms with Gasteiger partial charge in [0.25, 0.3) is 0 Å². The molecule has 0 atom stereocenters. The highest BCUT2D eigenvalue weighted by Gasteiger charge is 2.24. The van der Waals surface area contributed by atoms with E-state index in [1.54, 1.807) is 6.92 Å². The Bertz CT molecular complexity index is 801. The molecule has 2 amide bonds. The van der Waals surface area contributed by atoms with Crippen LogP contribution in [-0.4, -0.2) is 38.2 Å². The number of hydrogen-bond acceptors (Lipinski definition) is 6. The van der Waals surface area contributed by atoms with Gasteiger partial charge in [0.1, 0.15) is 11.5 Å². The van der Waals surface area contributed by atoms with E-state index in [-0.39, 0.29) is 13.2 Å². The van der Waals surface area contributed by atoms with E-state index in [0.29, 0.717) is 10.6 Å². The molecule has 2 rings (SSSR count). The molecule has 1 aromatic carbocycles. The van der Waals surface area contributed by atoms with E-state index in [4.69, 9.17) is 4.74 Å². The van der Waals surface area contributed by atoms with Crippen LogP contribution in [0.4, 0.5) is 9.80 Å². The van der Waals surface area contributed by atoms with Crippen molar-refractivity contribution >= 4 is 34.3 Å². The fourth-order valence-electron chi connectivity index (χ4n) is 2.29. The molecule has 0 fully saturated rings. The summed E-state index contributed by atoms with van der Waals surface area (Å²) >= 11 is 1.27. The number of rotatable bonds is 6. The van der Waals surface area contributed by atoms with Crippen molar-refractivity contribution in [2.45, 2.75) is 13.8 Å². The second-order valence-corrected chi connectivity index (χ2v) is 6.25. The van der Waals surface area contributed by atoms with E-state index in [1.807, 2.05) is 37.3 Å². The standard InChI is InChI=1S/C18H20N2O5S/c1-4-25-17(22)14-11(2)15(12-8-6-5-7-9-12)26-16(14)20-18(23)19-10-13(21)24-3/h5-9H,4,10H2,1-3H3,(H2,19,20,23). The van der Waals surface area contributed by atoms with Crippen molar-refractivity contribution in [3.8, 4) is 10.4 Å². The fourth-order valence-corrected chi connectivity index (χ4v) is 3.48. The van der Waals surface area contributed by atoms with Gasteiger partial charge in [-0.3, -0.25) is 10.1 Å². The normalized spacial score (nSPS) is 10.1. The quantitative estimate of drug-likeness (QED) is 0.755. The Morgan fingerprint density at radius 3 is 2.46 bits per heavy atom. The minimum Gasteiger partial charge on any atom is -0.468 e. The van der Waals surface area contributed by atoms with Crippen LogP contribution in [0.15, 0.2) is 30.3 Å². The first kappa shape index (κ1) is 19.5. The maximum absolute atomic E-state index is 12.4. The third-order valence-corrected chi connectivity index (χ3v) is 4.77. The van der Waals surface area contributed by atoms with Gasteiger partial charge in [0, 0.05) is 4.88 Å². The monoisotopic (exact) mass is 376 g/mol. The summed E-state index contributed by atoms with van der Waals surface area (Å²) in [5, 5.41) is 5.36. The number of amides is 2. The molecule has 0 aliphatic rings. The molecule has 0 spiro atoms. The first-order valence-electron chi connectivity index (χ1n) is 7.95. The molecule has 0 aliphatic heterocycles. The van der Waals surface area contributed by atoms with E-state index in [2.05, 4.69) is 15.4 Å². The van der Waals surface area contributed by atoms with E-state index in [0.717, 1.165) is 16.0 Å². The zero-order chi connectivity index (χ0) is 19.1. The second kappa shape index (κ2) is 9.00. The summed E-state index contributed by atoms with van der Waals surface area (Å²) in [7, 11) is 1.23. The van der Waals surface area contributed by atoms with Crippen LogP contribution in [0.3, 0.4) is 0 Å². The van der Waals surface area contributed by atoms with E-state index >= 15 is 0 Å².